The van der Waals surface area contributed by atoms with E-state index in [0.717, 1.165) is 19.3 Å². The van der Waals surface area contributed by atoms with E-state index in [0.29, 0.717) is 12.0 Å². The summed E-state index contributed by atoms with van der Waals surface area (Å²) in [6.07, 6.45) is 1.58. The zero-order chi connectivity index (χ0) is 14.1. The summed E-state index contributed by atoms with van der Waals surface area (Å²) in [5.74, 6) is -0.824. The lowest BCUT2D eigenvalue weighted by Gasteiger charge is -2.10. The molecule has 0 saturated carbocycles. The summed E-state index contributed by atoms with van der Waals surface area (Å²) in [5.41, 5.74) is 1.59. The van der Waals surface area contributed by atoms with E-state index in [-0.39, 0.29) is 6.61 Å². The molecule has 19 heavy (non-hydrogen) atoms. The SMILES string of the molecule is C=C(CCCCc1ccccc1)C(F)C(=O)OCC. The fraction of sp³-hybridized carbons (Fsp3) is 0.438. The van der Waals surface area contributed by atoms with Crippen LogP contribution >= 0.6 is 0 Å². The van der Waals surface area contributed by atoms with Gasteiger partial charge in [-0.1, -0.05) is 36.9 Å². The van der Waals surface area contributed by atoms with Crippen LogP contribution in [-0.2, 0) is 16.0 Å². The van der Waals surface area contributed by atoms with Crippen LogP contribution in [0.25, 0.3) is 0 Å². The van der Waals surface area contributed by atoms with Gasteiger partial charge < -0.3 is 4.74 Å². The number of hydrogen-bond donors (Lipinski definition) is 0. The second-order valence-electron chi connectivity index (χ2n) is 4.47. The monoisotopic (exact) mass is 264 g/mol. The van der Waals surface area contributed by atoms with Gasteiger partial charge in [-0.15, -0.1) is 0 Å². The number of carbonyl (C=O) groups excluding carboxylic acids is 1. The molecule has 1 aromatic rings. The number of aryl methyl sites for hydroxylation is 1. The van der Waals surface area contributed by atoms with Crippen molar-refractivity contribution in [3.8, 4) is 0 Å². The summed E-state index contributed by atoms with van der Waals surface area (Å²) in [4.78, 5) is 11.2. The lowest BCUT2D eigenvalue weighted by Crippen LogP contribution is -2.20. The number of hydrogen-bond acceptors (Lipinski definition) is 2. The molecule has 104 valence electrons. The third-order valence-electron chi connectivity index (χ3n) is 2.91. The lowest BCUT2D eigenvalue weighted by atomic mass is 10.0. The first-order chi connectivity index (χ1) is 9.15. The standard InChI is InChI=1S/C16H21FO2/c1-3-19-16(18)15(17)13(2)9-7-8-12-14-10-5-4-6-11-14/h4-6,10-11,15H,2-3,7-9,12H2,1H3. The number of halogens is 1. The predicted octanol–water partition coefficient (Wildman–Crippen LogP) is 3.86. The minimum Gasteiger partial charge on any atom is -0.464 e. The van der Waals surface area contributed by atoms with E-state index in [1.165, 1.54) is 5.56 Å². The summed E-state index contributed by atoms with van der Waals surface area (Å²) in [6.45, 7) is 5.48. The van der Waals surface area contributed by atoms with Gasteiger partial charge in [-0.2, -0.15) is 0 Å². The molecule has 2 nitrogen and oxygen atoms in total. The molecule has 0 spiro atoms. The van der Waals surface area contributed by atoms with E-state index >= 15 is 0 Å². The zero-order valence-electron chi connectivity index (χ0n) is 11.4. The average Bonchev–Trinajstić information content (AvgIpc) is 2.44. The van der Waals surface area contributed by atoms with E-state index < -0.39 is 12.1 Å². The van der Waals surface area contributed by atoms with Crippen molar-refractivity contribution in [3.63, 3.8) is 0 Å². The minimum absolute atomic E-state index is 0.195. The van der Waals surface area contributed by atoms with E-state index in [9.17, 15) is 9.18 Å². The first-order valence-corrected chi connectivity index (χ1v) is 6.67. The molecule has 3 heteroatoms. The first kappa shape index (κ1) is 15.4. The Kier molecular flexibility index (Phi) is 6.86. The van der Waals surface area contributed by atoms with Crippen molar-refractivity contribution < 1.29 is 13.9 Å². The van der Waals surface area contributed by atoms with Crippen LogP contribution in [0.1, 0.15) is 31.7 Å². The molecule has 1 rings (SSSR count). The van der Waals surface area contributed by atoms with Crippen LogP contribution in [-0.4, -0.2) is 18.7 Å². The number of benzene rings is 1. The fourth-order valence-electron chi connectivity index (χ4n) is 1.83. The van der Waals surface area contributed by atoms with Crippen LogP contribution < -0.4 is 0 Å². The van der Waals surface area contributed by atoms with Crippen molar-refractivity contribution in [2.24, 2.45) is 0 Å². The number of rotatable bonds is 8. The molecule has 0 aromatic heterocycles. The molecule has 0 radical (unpaired) electrons. The Morgan fingerprint density at radius 1 is 1.32 bits per heavy atom. The van der Waals surface area contributed by atoms with Gasteiger partial charge in [0.1, 0.15) is 0 Å². The molecule has 0 fully saturated rings. The Labute approximate surface area is 114 Å². The van der Waals surface area contributed by atoms with Gasteiger partial charge in [0, 0.05) is 0 Å². The van der Waals surface area contributed by atoms with Gasteiger partial charge in [0.05, 0.1) is 6.61 Å². The normalized spacial score (nSPS) is 11.9. The van der Waals surface area contributed by atoms with Crippen molar-refractivity contribution in [3.05, 3.63) is 48.0 Å². The summed E-state index contributed by atoms with van der Waals surface area (Å²) in [5, 5.41) is 0. The maximum atomic E-state index is 13.6. The highest BCUT2D eigenvalue weighted by Gasteiger charge is 2.21. The van der Waals surface area contributed by atoms with Crippen LogP contribution in [0.2, 0.25) is 0 Å². The highest BCUT2D eigenvalue weighted by molar-refractivity contribution is 5.77. The minimum atomic E-state index is -1.68. The maximum absolute atomic E-state index is 13.6. The molecule has 1 unspecified atom stereocenters. The molecule has 1 atom stereocenters. The van der Waals surface area contributed by atoms with Crippen molar-refractivity contribution in [1.82, 2.24) is 0 Å². The Balaban J connectivity index is 2.22. The molecule has 0 aliphatic rings. The van der Waals surface area contributed by atoms with Crippen LogP contribution in [0.4, 0.5) is 4.39 Å². The number of alkyl halides is 1. The molecule has 0 heterocycles. The molecule has 0 aliphatic carbocycles. The number of unbranched alkanes of at least 4 members (excludes halogenated alkanes) is 1. The lowest BCUT2D eigenvalue weighted by molar-refractivity contribution is -0.147. The third-order valence-corrected chi connectivity index (χ3v) is 2.91. The summed E-state index contributed by atoms with van der Waals surface area (Å²) >= 11 is 0. The molecule has 0 aliphatic heterocycles. The third kappa shape index (κ3) is 5.69. The number of carbonyl (C=O) groups is 1. The van der Waals surface area contributed by atoms with Crippen LogP contribution in [0.5, 0.6) is 0 Å². The second kappa shape index (κ2) is 8.46. The summed E-state index contributed by atoms with van der Waals surface area (Å²) < 4.78 is 18.2. The van der Waals surface area contributed by atoms with Gasteiger partial charge in [-0.25, -0.2) is 9.18 Å². The van der Waals surface area contributed by atoms with Gasteiger partial charge in [-0.05, 0) is 43.7 Å². The highest BCUT2D eigenvalue weighted by Crippen LogP contribution is 2.15. The largest absolute Gasteiger partial charge is 0.464 e. The average molecular weight is 264 g/mol. The molecule has 0 saturated heterocycles. The number of esters is 1. The van der Waals surface area contributed by atoms with Gasteiger partial charge in [0.15, 0.2) is 0 Å². The summed E-state index contributed by atoms with van der Waals surface area (Å²) in [6, 6.07) is 10.1. The highest BCUT2D eigenvalue weighted by atomic mass is 19.1. The van der Waals surface area contributed by atoms with Gasteiger partial charge in [0.25, 0.3) is 0 Å². The molecular weight excluding hydrogens is 243 g/mol. The van der Waals surface area contributed by atoms with Gasteiger partial charge in [-0.3, -0.25) is 0 Å². The van der Waals surface area contributed by atoms with E-state index in [2.05, 4.69) is 23.4 Å². The molecule has 0 bridgehead atoms. The van der Waals surface area contributed by atoms with E-state index in [1.54, 1.807) is 6.92 Å². The number of ether oxygens (including phenoxy) is 1. The molecular formula is C16H21FO2. The fourth-order valence-corrected chi connectivity index (χ4v) is 1.83. The molecule has 0 amide bonds. The Morgan fingerprint density at radius 3 is 2.63 bits per heavy atom. The van der Waals surface area contributed by atoms with Crippen LogP contribution in [0.15, 0.2) is 42.5 Å². The van der Waals surface area contributed by atoms with Crippen molar-refractivity contribution in [2.45, 2.75) is 38.8 Å². The Bertz CT molecular complexity index is 400. The van der Waals surface area contributed by atoms with Crippen molar-refractivity contribution in [2.75, 3.05) is 6.61 Å². The van der Waals surface area contributed by atoms with Crippen molar-refractivity contribution in [1.29, 1.82) is 0 Å². The Hall–Kier alpha value is -1.64. The van der Waals surface area contributed by atoms with Gasteiger partial charge in [0.2, 0.25) is 6.17 Å². The van der Waals surface area contributed by atoms with Crippen molar-refractivity contribution >= 4 is 5.97 Å². The zero-order valence-corrected chi connectivity index (χ0v) is 11.4. The maximum Gasteiger partial charge on any atom is 0.345 e. The molecule has 1 aromatic carbocycles. The smallest absolute Gasteiger partial charge is 0.345 e. The quantitative estimate of drug-likeness (QED) is 0.405. The summed E-state index contributed by atoms with van der Waals surface area (Å²) in [7, 11) is 0. The molecule has 0 N–H and O–H groups in total. The predicted molar refractivity (Wildman–Crippen MR) is 74.7 cm³/mol. The Morgan fingerprint density at radius 2 is 2.00 bits per heavy atom. The topological polar surface area (TPSA) is 26.3 Å². The van der Waals surface area contributed by atoms with Crippen LogP contribution in [0, 0.1) is 0 Å². The van der Waals surface area contributed by atoms with E-state index in [1.807, 2.05) is 18.2 Å². The van der Waals surface area contributed by atoms with Crippen LogP contribution in [0.3, 0.4) is 0 Å². The van der Waals surface area contributed by atoms with E-state index in [4.69, 9.17) is 0 Å². The first-order valence-electron chi connectivity index (χ1n) is 6.67. The van der Waals surface area contributed by atoms with Gasteiger partial charge >= 0.3 is 5.97 Å². The second-order valence-corrected chi connectivity index (χ2v) is 4.47.